The predicted molar refractivity (Wildman–Crippen MR) is 71.8 cm³/mol. The van der Waals surface area contributed by atoms with Crippen LogP contribution in [0.4, 0.5) is 0 Å². The molecule has 0 aliphatic heterocycles. The fraction of sp³-hybridized carbons (Fsp3) is 0.667. The highest BCUT2D eigenvalue weighted by atomic mass is 14.9. The molecule has 0 saturated heterocycles. The van der Waals surface area contributed by atoms with Crippen molar-refractivity contribution in [2.75, 3.05) is 0 Å². The van der Waals surface area contributed by atoms with Crippen molar-refractivity contribution in [3.8, 4) is 0 Å². The van der Waals surface area contributed by atoms with Crippen molar-refractivity contribution < 1.29 is 0 Å². The molecule has 17 heavy (non-hydrogen) atoms. The normalized spacial score (nSPS) is 29.2. The van der Waals surface area contributed by atoms with Gasteiger partial charge in [0.1, 0.15) is 0 Å². The van der Waals surface area contributed by atoms with E-state index in [1.54, 1.807) is 0 Å². The maximum Gasteiger partial charge on any atom is 0.0300 e. The molecule has 1 aliphatic rings. The van der Waals surface area contributed by atoms with E-state index in [9.17, 15) is 0 Å². The third kappa shape index (κ3) is 3.06. The van der Waals surface area contributed by atoms with Crippen molar-refractivity contribution in [1.29, 1.82) is 0 Å². The summed E-state index contributed by atoms with van der Waals surface area (Å²) in [5.74, 6) is 1.66. The molecule has 1 N–H and O–H groups in total. The Hall–Kier alpha value is -0.890. The molecule has 3 unspecified atom stereocenters. The van der Waals surface area contributed by atoms with Gasteiger partial charge in [0.25, 0.3) is 0 Å². The number of pyridine rings is 1. The highest BCUT2D eigenvalue weighted by Crippen LogP contribution is 2.29. The zero-order valence-corrected chi connectivity index (χ0v) is 11.2. The van der Waals surface area contributed by atoms with Crippen molar-refractivity contribution in [3.63, 3.8) is 0 Å². The van der Waals surface area contributed by atoms with Crippen LogP contribution in [0.2, 0.25) is 0 Å². The zero-order valence-electron chi connectivity index (χ0n) is 11.2. The lowest BCUT2D eigenvalue weighted by Crippen LogP contribution is -2.40. The van der Waals surface area contributed by atoms with Gasteiger partial charge in [-0.15, -0.1) is 0 Å². The molecular weight excluding hydrogens is 208 g/mol. The summed E-state index contributed by atoms with van der Waals surface area (Å²) in [6.45, 7) is 7.89. The van der Waals surface area contributed by atoms with Crippen LogP contribution in [0, 0.1) is 18.8 Å². The summed E-state index contributed by atoms with van der Waals surface area (Å²) >= 11 is 0. The third-order valence-corrected chi connectivity index (χ3v) is 4.40. The molecule has 0 amide bonds. The Morgan fingerprint density at radius 3 is 2.94 bits per heavy atom. The molecular formula is C15H24N2. The molecule has 1 saturated carbocycles. The van der Waals surface area contributed by atoms with Crippen molar-refractivity contribution in [3.05, 3.63) is 29.6 Å². The highest BCUT2D eigenvalue weighted by Gasteiger charge is 2.26. The van der Waals surface area contributed by atoms with Gasteiger partial charge in [0.2, 0.25) is 0 Å². The molecule has 0 spiro atoms. The van der Waals surface area contributed by atoms with Crippen molar-refractivity contribution >= 4 is 0 Å². The summed E-state index contributed by atoms with van der Waals surface area (Å²) < 4.78 is 0. The van der Waals surface area contributed by atoms with Crippen LogP contribution in [0.15, 0.2) is 18.5 Å². The Morgan fingerprint density at radius 1 is 1.35 bits per heavy atom. The van der Waals surface area contributed by atoms with Crippen LogP contribution in [0.1, 0.15) is 44.2 Å². The minimum Gasteiger partial charge on any atom is -0.310 e. The summed E-state index contributed by atoms with van der Waals surface area (Å²) in [5.41, 5.74) is 2.67. The molecule has 1 heterocycles. The van der Waals surface area contributed by atoms with Gasteiger partial charge in [0.05, 0.1) is 0 Å². The van der Waals surface area contributed by atoms with Gasteiger partial charge in [-0.3, -0.25) is 4.98 Å². The maximum atomic E-state index is 4.14. The van der Waals surface area contributed by atoms with Gasteiger partial charge < -0.3 is 5.32 Å². The first-order valence-corrected chi connectivity index (χ1v) is 6.81. The largest absolute Gasteiger partial charge is 0.310 e. The van der Waals surface area contributed by atoms with Gasteiger partial charge in [-0.1, -0.05) is 26.7 Å². The van der Waals surface area contributed by atoms with Gasteiger partial charge in [-0.05, 0) is 42.4 Å². The van der Waals surface area contributed by atoms with Crippen LogP contribution in [-0.4, -0.2) is 11.0 Å². The topological polar surface area (TPSA) is 24.9 Å². The molecule has 2 nitrogen and oxygen atoms in total. The van der Waals surface area contributed by atoms with Crippen LogP contribution in [0.5, 0.6) is 0 Å². The lowest BCUT2D eigenvalue weighted by Gasteiger charge is -2.35. The smallest absolute Gasteiger partial charge is 0.0300 e. The van der Waals surface area contributed by atoms with E-state index in [1.807, 2.05) is 12.4 Å². The average Bonchev–Trinajstić information content (AvgIpc) is 2.33. The summed E-state index contributed by atoms with van der Waals surface area (Å²) in [7, 11) is 0. The van der Waals surface area contributed by atoms with Crippen LogP contribution in [-0.2, 0) is 6.54 Å². The average molecular weight is 232 g/mol. The van der Waals surface area contributed by atoms with E-state index in [4.69, 9.17) is 0 Å². The number of nitrogens with zero attached hydrogens (tertiary/aromatic N) is 1. The van der Waals surface area contributed by atoms with Crippen LogP contribution < -0.4 is 5.32 Å². The summed E-state index contributed by atoms with van der Waals surface area (Å²) in [6.07, 6.45) is 7.93. The minimum atomic E-state index is 0.686. The van der Waals surface area contributed by atoms with Crippen molar-refractivity contribution in [2.24, 2.45) is 11.8 Å². The number of aryl methyl sites for hydroxylation is 1. The van der Waals surface area contributed by atoms with E-state index in [1.165, 1.54) is 30.4 Å². The molecule has 1 aromatic rings. The Kier molecular flexibility index (Phi) is 4.16. The fourth-order valence-electron chi connectivity index (χ4n) is 2.81. The molecule has 0 aromatic carbocycles. The molecule has 2 rings (SSSR count). The first-order valence-electron chi connectivity index (χ1n) is 6.81. The van der Waals surface area contributed by atoms with E-state index >= 15 is 0 Å². The molecule has 1 aliphatic carbocycles. The fourth-order valence-corrected chi connectivity index (χ4v) is 2.81. The van der Waals surface area contributed by atoms with E-state index in [-0.39, 0.29) is 0 Å². The Bertz CT molecular complexity index is 362. The Labute approximate surface area is 105 Å². The second-order valence-corrected chi connectivity index (χ2v) is 5.56. The van der Waals surface area contributed by atoms with E-state index in [2.05, 4.69) is 37.1 Å². The number of aromatic nitrogens is 1. The Balaban J connectivity index is 1.92. The van der Waals surface area contributed by atoms with E-state index in [0.717, 1.165) is 18.4 Å². The highest BCUT2D eigenvalue weighted by molar-refractivity contribution is 5.21. The SMILES string of the molecule is Cc1cnccc1CNC1CCCC(C)C1C. The van der Waals surface area contributed by atoms with E-state index < -0.39 is 0 Å². The number of hydrogen-bond donors (Lipinski definition) is 1. The summed E-state index contributed by atoms with van der Waals surface area (Å²) in [5, 5.41) is 3.73. The van der Waals surface area contributed by atoms with Crippen LogP contribution in [0.25, 0.3) is 0 Å². The van der Waals surface area contributed by atoms with E-state index in [0.29, 0.717) is 6.04 Å². The quantitative estimate of drug-likeness (QED) is 0.865. The van der Waals surface area contributed by atoms with Gasteiger partial charge in [-0.2, -0.15) is 0 Å². The number of hydrogen-bond acceptors (Lipinski definition) is 2. The number of nitrogens with one attached hydrogen (secondary N) is 1. The second kappa shape index (κ2) is 5.63. The Morgan fingerprint density at radius 2 is 2.18 bits per heavy atom. The third-order valence-electron chi connectivity index (χ3n) is 4.40. The van der Waals surface area contributed by atoms with Gasteiger partial charge in [-0.25, -0.2) is 0 Å². The molecule has 1 fully saturated rings. The van der Waals surface area contributed by atoms with Gasteiger partial charge in [0.15, 0.2) is 0 Å². The first kappa shape index (κ1) is 12.6. The van der Waals surface area contributed by atoms with Gasteiger partial charge >= 0.3 is 0 Å². The van der Waals surface area contributed by atoms with Crippen LogP contribution >= 0.6 is 0 Å². The lowest BCUT2D eigenvalue weighted by molar-refractivity contribution is 0.206. The molecule has 3 atom stereocenters. The monoisotopic (exact) mass is 232 g/mol. The second-order valence-electron chi connectivity index (χ2n) is 5.56. The molecule has 2 heteroatoms. The lowest BCUT2D eigenvalue weighted by atomic mass is 9.78. The van der Waals surface area contributed by atoms with Crippen molar-refractivity contribution in [1.82, 2.24) is 10.3 Å². The van der Waals surface area contributed by atoms with Gasteiger partial charge in [0, 0.05) is 25.0 Å². The minimum absolute atomic E-state index is 0.686. The maximum absolute atomic E-state index is 4.14. The van der Waals surface area contributed by atoms with Crippen molar-refractivity contribution in [2.45, 2.75) is 52.6 Å². The summed E-state index contributed by atoms with van der Waals surface area (Å²) in [4.78, 5) is 4.14. The molecule has 0 bridgehead atoms. The number of rotatable bonds is 3. The van der Waals surface area contributed by atoms with Crippen LogP contribution in [0.3, 0.4) is 0 Å². The predicted octanol–water partition coefficient (Wildman–Crippen LogP) is 3.30. The zero-order chi connectivity index (χ0) is 12.3. The summed E-state index contributed by atoms with van der Waals surface area (Å²) in [6, 6.07) is 2.81. The molecule has 0 radical (unpaired) electrons. The standard InChI is InChI=1S/C15H24N2/c1-11-5-4-6-15(13(11)3)17-10-14-7-8-16-9-12(14)2/h7-9,11,13,15,17H,4-6,10H2,1-3H3. The first-order chi connectivity index (χ1) is 8.18. The molecule has 1 aromatic heterocycles. The molecule has 94 valence electrons.